The lowest BCUT2D eigenvalue weighted by atomic mass is 10.2. The van der Waals surface area contributed by atoms with E-state index >= 15 is 0 Å². The third-order valence-electron chi connectivity index (χ3n) is 2.80. The Balaban J connectivity index is 3.05. The number of benzene rings is 1. The predicted molar refractivity (Wildman–Crippen MR) is 73.5 cm³/mol. The highest BCUT2D eigenvalue weighted by Gasteiger charge is 2.19. The number of nitrogens with zero attached hydrogens (tertiary/aromatic N) is 1. The number of H-pyrrole nitrogens is 1. The molecule has 1 aromatic carbocycles. The second-order valence-electron chi connectivity index (χ2n) is 4.89. The average Bonchev–Trinajstić information content (AvgIpc) is 2.32. The maximum Gasteiger partial charge on any atom is 0.328 e. The van der Waals surface area contributed by atoms with E-state index in [0.717, 1.165) is 10.6 Å². The van der Waals surface area contributed by atoms with Crippen LogP contribution in [0.15, 0.2) is 32.7 Å². The zero-order chi connectivity index (χ0) is 15.1. The van der Waals surface area contributed by atoms with Gasteiger partial charge in [0.1, 0.15) is 4.90 Å². The van der Waals surface area contributed by atoms with Gasteiger partial charge in [-0.2, -0.15) is 8.42 Å². The first kappa shape index (κ1) is 14.5. The van der Waals surface area contributed by atoms with E-state index in [-0.39, 0.29) is 23.4 Å². The Morgan fingerprint density at radius 2 is 1.95 bits per heavy atom. The quantitative estimate of drug-likeness (QED) is 0.806. The maximum atomic E-state index is 11.9. The topological polar surface area (TPSA) is 109 Å². The van der Waals surface area contributed by atoms with E-state index < -0.39 is 26.3 Å². The fourth-order valence-corrected chi connectivity index (χ4v) is 2.78. The van der Waals surface area contributed by atoms with Crippen molar-refractivity contribution in [2.24, 2.45) is 5.92 Å². The number of hydrogen-bond acceptors (Lipinski definition) is 4. The molecule has 108 valence electrons. The third-order valence-corrected chi connectivity index (χ3v) is 3.69. The molecule has 0 amide bonds. The van der Waals surface area contributed by atoms with E-state index in [1.807, 2.05) is 13.8 Å². The van der Waals surface area contributed by atoms with E-state index in [1.54, 1.807) is 0 Å². The fraction of sp³-hybridized carbons (Fsp3) is 0.333. The van der Waals surface area contributed by atoms with Crippen LogP contribution in [0.25, 0.3) is 10.9 Å². The molecule has 0 aliphatic heterocycles. The van der Waals surface area contributed by atoms with Crippen molar-refractivity contribution in [3.63, 3.8) is 0 Å². The molecule has 1 aromatic heterocycles. The Morgan fingerprint density at radius 3 is 2.50 bits per heavy atom. The molecule has 2 N–H and O–H groups in total. The van der Waals surface area contributed by atoms with Crippen molar-refractivity contribution >= 4 is 21.0 Å². The number of nitrogens with one attached hydrogen (secondary N) is 1. The number of aromatic nitrogens is 2. The molecule has 0 aliphatic carbocycles. The largest absolute Gasteiger partial charge is 0.328 e. The standard InChI is InChI=1S/C12H14N2O5S/c1-7(2)6-14-10-8(11(15)13-12(14)16)4-3-5-9(10)20(17,18)19/h3-5,7H,6H2,1-2H3,(H,13,15,16)(H,17,18,19). The van der Waals surface area contributed by atoms with Gasteiger partial charge >= 0.3 is 5.69 Å². The van der Waals surface area contributed by atoms with E-state index in [9.17, 15) is 22.6 Å². The average molecular weight is 298 g/mol. The van der Waals surface area contributed by atoms with Gasteiger partial charge in [0, 0.05) is 6.54 Å². The van der Waals surface area contributed by atoms with Gasteiger partial charge in [-0.25, -0.2) is 4.79 Å². The van der Waals surface area contributed by atoms with Gasteiger partial charge in [0.25, 0.3) is 15.7 Å². The van der Waals surface area contributed by atoms with Crippen LogP contribution in [-0.4, -0.2) is 22.5 Å². The van der Waals surface area contributed by atoms with Gasteiger partial charge < -0.3 is 0 Å². The highest BCUT2D eigenvalue weighted by Crippen LogP contribution is 2.20. The van der Waals surface area contributed by atoms with E-state index in [2.05, 4.69) is 4.98 Å². The Kier molecular flexibility index (Phi) is 3.53. The lowest BCUT2D eigenvalue weighted by Gasteiger charge is -2.13. The smallest absolute Gasteiger partial charge is 0.292 e. The van der Waals surface area contributed by atoms with Gasteiger partial charge in [0.15, 0.2) is 0 Å². The third kappa shape index (κ3) is 2.52. The normalized spacial score (nSPS) is 12.2. The zero-order valence-electron chi connectivity index (χ0n) is 11.0. The minimum atomic E-state index is -4.53. The van der Waals surface area contributed by atoms with Crippen LogP contribution in [0.5, 0.6) is 0 Å². The number of fused-ring (bicyclic) bond motifs is 1. The Labute approximate surface area is 114 Å². The molecule has 1 heterocycles. The van der Waals surface area contributed by atoms with Gasteiger partial charge in [-0.15, -0.1) is 0 Å². The summed E-state index contributed by atoms with van der Waals surface area (Å²) in [4.78, 5) is 25.4. The van der Waals surface area contributed by atoms with Crippen LogP contribution in [0, 0.1) is 5.92 Å². The van der Waals surface area contributed by atoms with Crippen LogP contribution in [0.3, 0.4) is 0 Å². The molecule has 0 bridgehead atoms. The summed E-state index contributed by atoms with van der Waals surface area (Å²) >= 11 is 0. The van der Waals surface area contributed by atoms with Gasteiger partial charge in [0.05, 0.1) is 10.9 Å². The lowest BCUT2D eigenvalue weighted by Crippen LogP contribution is -2.32. The molecule has 0 unspecified atom stereocenters. The van der Waals surface area contributed by atoms with Gasteiger partial charge in [-0.05, 0) is 18.1 Å². The fourth-order valence-electron chi connectivity index (χ4n) is 2.06. The number of para-hydroxylation sites is 1. The summed E-state index contributed by atoms with van der Waals surface area (Å²) in [7, 11) is -4.53. The van der Waals surface area contributed by atoms with Crippen LogP contribution >= 0.6 is 0 Å². The van der Waals surface area contributed by atoms with Crippen LogP contribution in [-0.2, 0) is 16.7 Å². The summed E-state index contributed by atoms with van der Waals surface area (Å²) in [5.74, 6) is 0.0521. The second kappa shape index (κ2) is 4.88. The SMILES string of the molecule is CC(C)Cn1c(=O)[nH]c(=O)c2cccc(S(=O)(=O)O)c21. The highest BCUT2D eigenvalue weighted by atomic mass is 32.2. The Morgan fingerprint density at radius 1 is 1.30 bits per heavy atom. The van der Waals surface area contributed by atoms with Crippen molar-refractivity contribution in [2.45, 2.75) is 25.3 Å². The van der Waals surface area contributed by atoms with E-state index in [1.165, 1.54) is 12.1 Å². The first-order valence-electron chi connectivity index (χ1n) is 5.95. The molecule has 0 atom stereocenters. The minimum absolute atomic E-state index is 0.0420. The molecule has 2 rings (SSSR count). The molecule has 0 saturated heterocycles. The van der Waals surface area contributed by atoms with Crippen LogP contribution in [0.1, 0.15) is 13.8 Å². The summed E-state index contributed by atoms with van der Waals surface area (Å²) in [5.41, 5.74) is -1.46. The van der Waals surface area contributed by atoms with E-state index in [0.29, 0.717) is 0 Å². The van der Waals surface area contributed by atoms with Crippen molar-refractivity contribution in [1.29, 1.82) is 0 Å². The van der Waals surface area contributed by atoms with Gasteiger partial charge in [-0.1, -0.05) is 19.9 Å². The molecular weight excluding hydrogens is 284 g/mol. The summed E-state index contributed by atoms with van der Waals surface area (Å²) in [6, 6.07) is 3.90. The summed E-state index contributed by atoms with van der Waals surface area (Å²) in [5, 5.41) is 0.0420. The van der Waals surface area contributed by atoms with Crippen LogP contribution in [0.4, 0.5) is 0 Å². The molecule has 2 aromatic rings. The molecule has 8 heteroatoms. The summed E-state index contributed by atoms with van der Waals surface area (Å²) < 4.78 is 33.3. The number of rotatable bonds is 3. The second-order valence-corrected chi connectivity index (χ2v) is 6.28. The maximum absolute atomic E-state index is 11.9. The molecule has 20 heavy (non-hydrogen) atoms. The summed E-state index contributed by atoms with van der Waals surface area (Å²) in [6.07, 6.45) is 0. The zero-order valence-corrected chi connectivity index (χ0v) is 11.8. The molecule has 0 aliphatic rings. The van der Waals surface area contributed by atoms with Crippen molar-refractivity contribution in [3.05, 3.63) is 39.0 Å². The minimum Gasteiger partial charge on any atom is -0.292 e. The van der Waals surface area contributed by atoms with E-state index in [4.69, 9.17) is 0 Å². The van der Waals surface area contributed by atoms with Crippen molar-refractivity contribution in [3.8, 4) is 0 Å². The first-order valence-corrected chi connectivity index (χ1v) is 7.39. The number of aromatic amines is 1. The molecule has 0 radical (unpaired) electrons. The molecular formula is C12H14N2O5S. The van der Waals surface area contributed by atoms with Gasteiger partial charge in [0.2, 0.25) is 0 Å². The molecule has 0 fully saturated rings. The van der Waals surface area contributed by atoms with Crippen molar-refractivity contribution in [2.75, 3.05) is 0 Å². The Bertz CT molecular complexity index is 877. The van der Waals surface area contributed by atoms with Gasteiger partial charge in [-0.3, -0.25) is 18.9 Å². The lowest BCUT2D eigenvalue weighted by molar-refractivity contribution is 0.481. The molecule has 0 spiro atoms. The van der Waals surface area contributed by atoms with Crippen molar-refractivity contribution in [1.82, 2.24) is 9.55 Å². The highest BCUT2D eigenvalue weighted by molar-refractivity contribution is 7.86. The monoisotopic (exact) mass is 298 g/mol. The van der Waals surface area contributed by atoms with Crippen molar-refractivity contribution < 1.29 is 13.0 Å². The number of hydrogen-bond donors (Lipinski definition) is 2. The molecule has 0 saturated carbocycles. The van der Waals surface area contributed by atoms with Crippen LogP contribution < -0.4 is 11.2 Å². The predicted octanol–water partition coefficient (Wildman–Crippen LogP) is 0.592. The summed E-state index contributed by atoms with van der Waals surface area (Å²) in [6.45, 7) is 3.91. The Hall–Kier alpha value is -1.93. The first-order chi connectivity index (χ1) is 9.21. The van der Waals surface area contributed by atoms with Crippen LogP contribution in [0.2, 0.25) is 0 Å². The molecule has 7 nitrogen and oxygen atoms in total.